The van der Waals surface area contributed by atoms with Crippen molar-refractivity contribution in [3.63, 3.8) is 0 Å². The minimum Gasteiger partial charge on any atom is -0.317 e. The molecule has 2 unspecified atom stereocenters. The van der Waals surface area contributed by atoms with Gasteiger partial charge in [0.2, 0.25) is 0 Å². The van der Waals surface area contributed by atoms with E-state index in [1.807, 2.05) is 0 Å². The third-order valence-electron chi connectivity index (χ3n) is 10.3. The molecule has 0 saturated carbocycles. The van der Waals surface area contributed by atoms with Crippen LogP contribution in [0.1, 0.15) is 5.56 Å². The highest BCUT2D eigenvalue weighted by atomic mass is 15.3. The van der Waals surface area contributed by atoms with Crippen LogP contribution >= 0.6 is 0 Å². The molecule has 0 radical (unpaired) electrons. The van der Waals surface area contributed by atoms with Crippen molar-refractivity contribution < 1.29 is 0 Å². The Labute approximate surface area is 286 Å². The van der Waals surface area contributed by atoms with Gasteiger partial charge in [0, 0.05) is 11.3 Å². The maximum absolute atomic E-state index is 5.18. The first-order chi connectivity index (χ1) is 24.3. The Morgan fingerprint density at radius 1 is 0.429 bits per heavy atom. The van der Waals surface area contributed by atoms with Crippen LogP contribution in [-0.2, 0) is 0 Å². The molecule has 8 aromatic rings. The second-order valence-corrected chi connectivity index (χ2v) is 13.1. The summed E-state index contributed by atoms with van der Waals surface area (Å²) in [5.74, 6) is 1.02. The van der Waals surface area contributed by atoms with Gasteiger partial charge in [0.1, 0.15) is 5.84 Å². The fourth-order valence-corrected chi connectivity index (χ4v) is 7.97. The van der Waals surface area contributed by atoms with Crippen LogP contribution < -0.4 is 4.90 Å². The molecule has 2 heteroatoms. The molecule has 0 saturated heterocycles. The molecule has 49 heavy (non-hydrogen) atoms. The van der Waals surface area contributed by atoms with Crippen LogP contribution in [-0.4, -0.2) is 17.9 Å². The number of rotatable bonds is 5. The van der Waals surface area contributed by atoms with E-state index < -0.39 is 0 Å². The highest BCUT2D eigenvalue weighted by molar-refractivity contribution is 6.28. The van der Waals surface area contributed by atoms with Crippen molar-refractivity contribution in [2.45, 2.75) is 12.1 Å². The number of fused-ring (bicyclic) bond motifs is 1. The van der Waals surface area contributed by atoms with Crippen LogP contribution in [0.4, 0.5) is 5.69 Å². The molecule has 0 spiro atoms. The fourth-order valence-electron chi connectivity index (χ4n) is 7.97. The molecule has 1 aliphatic carbocycles. The van der Waals surface area contributed by atoms with Crippen molar-refractivity contribution >= 4 is 43.8 Å². The third-order valence-corrected chi connectivity index (χ3v) is 10.3. The molecular formula is C47H32N2. The van der Waals surface area contributed by atoms with Crippen molar-refractivity contribution in [3.8, 4) is 33.4 Å². The second kappa shape index (κ2) is 11.2. The zero-order valence-electron chi connectivity index (χ0n) is 26.9. The number of hydrogen-bond donors (Lipinski definition) is 0. The Bertz CT molecular complexity index is 2560. The predicted molar refractivity (Wildman–Crippen MR) is 208 cm³/mol. The summed E-state index contributed by atoms with van der Waals surface area (Å²) in [6, 6.07) is 57.9. The Kier molecular flexibility index (Phi) is 6.35. The fraction of sp³-hybridized carbons (Fsp3) is 0.0426. The van der Waals surface area contributed by atoms with E-state index in [1.165, 1.54) is 65.7 Å². The molecule has 2 atom stereocenters. The summed E-state index contributed by atoms with van der Waals surface area (Å²) in [7, 11) is 0. The van der Waals surface area contributed by atoms with Gasteiger partial charge in [0.15, 0.2) is 0 Å². The lowest BCUT2D eigenvalue weighted by Crippen LogP contribution is -2.39. The van der Waals surface area contributed by atoms with Crippen molar-refractivity contribution in [2.24, 2.45) is 4.99 Å². The van der Waals surface area contributed by atoms with E-state index in [9.17, 15) is 0 Å². The lowest BCUT2D eigenvalue weighted by molar-refractivity contribution is 0.739. The van der Waals surface area contributed by atoms with Crippen molar-refractivity contribution in [1.29, 1.82) is 0 Å². The zero-order valence-corrected chi connectivity index (χ0v) is 26.9. The average Bonchev–Trinajstić information content (AvgIpc) is 3.57. The summed E-state index contributed by atoms with van der Waals surface area (Å²) in [5.41, 5.74) is 9.67. The average molecular weight is 625 g/mol. The topological polar surface area (TPSA) is 15.6 Å². The van der Waals surface area contributed by atoms with Gasteiger partial charge in [-0.15, -0.1) is 0 Å². The summed E-state index contributed by atoms with van der Waals surface area (Å²) in [6.45, 7) is 0. The van der Waals surface area contributed by atoms with Crippen molar-refractivity contribution in [1.82, 2.24) is 0 Å². The molecule has 0 amide bonds. The van der Waals surface area contributed by atoms with Gasteiger partial charge in [0.05, 0.1) is 12.1 Å². The molecular weight excluding hydrogens is 593 g/mol. The van der Waals surface area contributed by atoms with E-state index in [4.69, 9.17) is 4.99 Å². The Morgan fingerprint density at radius 3 is 1.63 bits per heavy atom. The third kappa shape index (κ3) is 4.52. The molecule has 10 rings (SSSR count). The van der Waals surface area contributed by atoms with E-state index in [2.05, 4.69) is 187 Å². The number of anilines is 1. The molecule has 1 aliphatic heterocycles. The lowest BCUT2D eigenvalue weighted by atomic mass is 9.85. The van der Waals surface area contributed by atoms with Gasteiger partial charge in [-0.2, -0.15) is 0 Å². The first kappa shape index (κ1) is 27.8. The van der Waals surface area contributed by atoms with Gasteiger partial charge in [-0.25, -0.2) is 0 Å². The molecule has 0 bridgehead atoms. The van der Waals surface area contributed by atoms with Crippen molar-refractivity contribution in [2.75, 3.05) is 4.90 Å². The summed E-state index contributed by atoms with van der Waals surface area (Å²) >= 11 is 0. The highest BCUT2D eigenvalue weighted by Gasteiger charge is 2.35. The lowest BCUT2D eigenvalue weighted by Gasteiger charge is -2.29. The highest BCUT2D eigenvalue weighted by Crippen LogP contribution is 2.44. The van der Waals surface area contributed by atoms with Crippen LogP contribution in [0.3, 0.4) is 0 Å². The van der Waals surface area contributed by atoms with Crippen molar-refractivity contribution in [3.05, 3.63) is 188 Å². The Hall–Kier alpha value is -6.25. The predicted octanol–water partition coefficient (Wildman–Crippen LogP) is 11.7. The van der Waals surface area contributed by atoms with Crippen LogP contribution in [0.5, 0.6) is 0 Å². The molecule has 2 nitrogen and oxygen atoms in total. The molecule has 0 aromatic heterocycles. The summed E-state index contributed by atoms with van der Waals surface area (Å²) in [4.78, 5) is 7.58. The maximum atomic E-state index is 5.18. The second-order valence-electron chi connectivity index (χ2n) is 13.1. The van der Waals surface area contributed by atoms with Gasteiger partial charge in [-0.3, -0.25) is 4.99 Å². The summed E-state index contributed by atoms with van der Waals surface area (Å²) < 4.78 is 0. The van der Waals surface area contributed by atoms with Gasteiger partial charge in [-0.1, -0.05) is 164 Å². The van der Waals surface area contributed by atoms with Gasteiger partial charge >= 0.3 is 0 Å². The van der Waals surface area contributed by atoms with E-state index in [0.717, 1.165) is 17.1 Å². The standard InChI is InChI=1S/C47H32N2/c1-3-10-31(11-4-1)32-18-20-33(21-19-32)41-30-42(40-29-25-36-15-9-14-35-24-28-39(41)46(40)45(35)36)34-22-26-38(27-23-34)49-44-17-8-7-16-43(44)48-47(49)37-12-5-2-6-13-37/h1-30,43-44H. The van der Waals surface area contributed by atoms with Crippen LogP contribution in [0.2, 0.25) is 0 Å². The largest absolute Gasteiger partial charge is 0.317 e. The van der Waals surface area contributed by atoms with Gasteiger partial charge in [-0.05, 0) is 83.9 Å². The van der Waals surface area contributed by atoms with E-state index in [-0.39, 0.29) is 12.1 Å². The monoisotopic (exact) mass is 624 g/mol. The van der Waals surface area contributed by atoms with Crippen LogP contribution in [0.15, 0.2) is 187 Å². The zero-order chi connectivity index (χ0) is 32.3. The summed E-state index contributed by atoms with van der Waals surface area (Å²) in [5, 5.41) is 7.79. The molecule has 2 aliphatic rings. The number of benzene rings is 8. The van der Waals surface area contributed by atoms with E-state index in [1.54, 1.807) is 0 Å². The van der Waals surface area contributed by atoms with Crippen LogP contribution in [0, 0.1) is 0 Å². The normalized spacial score (nSPS) is 16.9. The SMILES string of the molecule is C1=CC2N=C(c3ccccc3)N(c3ccc(-c4cc(-c5ccc(-c6ccccc6)cc5)c5ccc6cccc7ccc4c5c67)cc3)C2C=C1. The maximum Gasteiger partial charge on any atom is 0.136 e. The van der Waals surface area contributed by atoms with Gasteiger partial charge in [0.25, 0.3) is 0 Å². The van der Waals surface area contributed by atoms with Crippen LogP contribution in [0.25, 0.3) is 65.7 Å². The first-order valence-electron chi connectivity index (χ1n) is 17.0. The Balaban J connectivity index is 1.13. The first-order valence-corrected chi connectivity index (χ1v) is 17.0. The number of hydrogen-bond acceptors (Lipinski definition) is 2. The minimum atomic E-state index is 0.105. The van der Waals surface area contributed by atoms with E-state index in [0.29, 0.717) is 0 Å². The Morgan fingerprint density at radius 2 is 0.980 bits per heavy atom. The van der Waals surface area contributed by atoms with Gasteiger partial charge < -0.3 is 4.90 Å². The number of aliphatic imine (C=N–C) groups is 1. The van der Waals surface area contributed by atoms with E-state index >= 15 is 0 Å². The number of nitrogens with zero attached hydrogens (tertiary/aromatic N) is 2. The molecule has 1 heterocycles. The molecule has 8 aromatic carbocycles. The molecule has 0 fully saturated rings. The summed E-state index contributed by atoms with van der Waals surface area (Å²) in [6.07, 6.45) is 8.74. The molecule has 0 N–H and O–H groups in total. The molecule has 230 valence electrons. The quantitative estimate of drug-likeness (QED) is 0.174. The smallest absolute Gasteiger partial charge is 0.136 e. The number of allylic oxidation sites excluding steroid dienone is 2. The number of amidine groups is 1. The minimum absolute atomic E-state index is 0.105.